The molecule has 0 unspecified atom stereocenters. The van der Waals surface area contributed by atoms with Crippen LogP contribution in [0.4, 0.5) is 17.6 Å². The Morgan fingerprint density at radius 3 is 2.50 bits per heavy atom. The van der Waals surface area contributed by atoms with E-state index in [9.17, 15) is 22.4 Å². The van der Waals surface area contributed by atoms with Crippen LogP contribution in [-0.4, -0.2) is 36.2 Å². The van der Waals surface area contributed by atoms with Gasteiger partial charge in [-0.15, -0.1) is 0 Å². The first-order valence-electron chi connectivity index (χ1n) is 7.04. The number of halogens is 4. The maximum Gasteiger partial charge on any atom is 0.406 e. The molecular formula is C15H17F4NO2. The van der Waals surface area contributed by atoms with Gasteiger partial charge in [0.15, 0.2) is 0 Å². The third-order valence-electron chi connectivity index (χ3n) is 3.44. The molecule has 1 atom stereocenters. The number of alkyl halides is 3. The van der Waals surface area contributed by atoms with Crippen LogP contribution in [0.15, 0.2) is 24.3 Å². The zero-order valence-electron chi connectivity index (χ0n) is 11.9. The predicted molar refractivity (Wildman–Crippen MR) is 71.5 cm³/mol. The van der Waals surface area contributed by atoms with E-state index in [1.165, 1.54) is 12.1 Å². The van der Waals surface area contributed by atoms with Crippen LogP contribution in [0.25, 0.3) is 0 Å². The third-order valence-corrected chi connectivity index (χ3v) is 3.44. The summed E-state index contributed by atoms with van der Waals surface area (Å²) < 4.78 is 56.1. The van der Waals surface area contributed by atoms with Crippen molar-refractivity contribution in [1.29, 1.82) is 0 Å². The van der Waals surface area contributed by atoms with E-state index in [1.807, 2.05) is 0 Å². The molecule has 0 saturated carbocycles. The Bertz CT molecular complexity index is 495. The van der Waals surface area contributed by atoms with Gasteiger partial charge in [-0.2, -0.15) is 13.2 Å². The van der Waals surface area contributed by atoms with Gasteiger partial charge in [-0.25, -0.2) is 4.39 Å². The summed E-state index contributed by atoms with van der Waals surface area (Å²) in [6.45, 7) is -0.990. The topological polar surface area (TPSA) is 29.5 Å². The summed E-state index contributed by atoms with van der Waals surface area (Å²) in [5.41, 5.74) is 0.450. The second-order valence-corrected chi connectivity index (χ2v) is 5.33. The Kier molecular flexibility index (Phi) is 5.39. The number of benzene rings is 1. The van der Waals surface area contributed by atoms with Gasteiger partial charge in [-0.1, -0.05) is 12.1 Å². The van der Waals surface area contributed by atoms with Gasteiger partial charge >= 0.3 is 6.18 Å². The molecule has 0 N–H and O–H groups in total. The molecule has 1 aliphatic rings. The Morgan fingerprint density at radius 2 is 1.95 bits per heavy atom. The number of nitrogens with zero attached hydrogens (tertiary/aromatic N) is 1. The van der Waals surface area contributed by atoms with E-state index in [1.54, 1.807) is 0 Å². The number of hydrogen-bond donors (Lipinski definition) is 0. The van der Waals surface area contributed by atoms with E-state index in [-0.39, 0.29) is 19.1 Å². The molecule has 1 amide bonds. The van der Waals surface area contributed by atoms with Crippen molar-refractivity contribution in [1.82, 2.24) is 4.90 Å². The van der Waals surface area contributed by atoms with Crippen LogP contribution >= 0.6 is 0 Å². The maximum absolute atomic E-state index is 12.8. The molecule has 1 aromatic rings. The normalized spacial score (nSPS) is 18.5. The zero-order valence-corrected chi connectivity index (χ0v) is 11.9. The molecule has 0 radical (unpaired) electrons. The molecular weight excluding hydrogens is 302 g/mol. The van der Waals surface area contributed by atoms with Gasteiger partial charge in [0.25, 0.3) is 0 Å². The van der Waals surface area contributed by atoms with Crippen molar-refractivity contribution in [3.05, 3.63) is 35.6 Å². The minimum absolute atomic E-state index is 0.0583. The van der Waals surface area contributed by atoms with Crippen molar-refractivity contribution in [3.63, 3.8) is 0 Å². The highest BCUT2D eigenvalue weighted by Crippen LogP contribution is 2.22. The number of carbonyl (C=O) groups is 1. The second kappa shape index (κ2) is 7.09. The Morgan fingerprint density at radius 1 is 1.27 bits per heavy atom. The molecule has 0 bridgehead atoms. The lowest BCUT2D eigenvalue weighted by Gasteiger charge is -2.25. The van der Waals surface area contributed by atoms with E-state index >= 15 is 0 Å². The number of ether oxygens (including phenoxy) is 1. The van der Waals surface area contributed by atoms with Crippen LogP contribution in [-0.2, 0) is 16.1 Å². The summed E-state index contributed by atoms with van der Waals surface area (Å²) in [4.78, 5) is 12.9. The Hall–Kier alpha value is -1.63. The van der Waals surface area contributed by atoms with E-state index in [4.69, 9.17) is 4.74 Å². The maximum atomic E-state index is 12.8. The molecule has 1 aromatic carbocycles. The molecule has 1 fully saturated rings. The summed E-state index contributed by atoms with van der Waals surface area (Å²) in [5.74, 6) is -1.08. The quantitative estimate of drug-likeness (QED) is 0.780. The number of hydrogen-bond acceptors (Lipinski definition) is 2. The zero-order chi connectivity index (χ0) is 16.2. The van der Waals surface area contributed by atoms with Crippen LogP contribution in [0.5, 0.6) is 0 Å². The van der Waals surface area contributed by atoms with E-state index in [2.05, 4.69) is 0 Å². The molecule has 122 valence electrons. The first kappa shape index (κ1) is 16.7. The van der Waals surface area contributed by atoms with Crippen molar-refractivity contribution in [2.45, 2.75) is 38.1 Å². The lowest BCUT2D eigenvalue weighted by molar-refractivity contribution is -0.163. The lowest BCUT2D eigenvalue weighted by atomic mass is 10.1. The molecule has 1 aliphatic heterocycles. The van der Waals surface area contributed by atoms with Crippen LogP contribution in [0, 0.1) is 5.82 Å². The average molecular weight is 319 g/mol. The molecule has 7 heteroatoms. The highest BCUT2D eigenvalue weighted by molar-refractivity contribution is 5.76. The molecule has 0 aliphatic carbocycles. The van der Waals surface area contributed by atoms with Crippen LogP contribution in [0.1, 0.15) is 24.8 Å². The van der Waals surface area contributed by atoms with Gasteiger partial charge in [-0.3, -0.25) is 4.79 Å². The van der Waals surface area contributed by atoms with E-state index < -0.39 is 24.4 Å². The number of carbonyl (C=O) groups excluding carboxylic acids is 1. The Labute approximate surface area is 125 Å². The molecule has 2 rings (SSSR count). The fraction of sp³-hybridized carbons (Fsp3) is 0.533. The van der Waals surface area contributed by atoms with Gasteiger partial charge in [-0.05, 0) is 30.5 Å². The monoisotopic (exact) mass is 319 g/mol. The first-order chi connectivity index (χ1) is 10.3. The fourth-order valence-corrected chi connectivity index (χ4v) is 2.39. The molecule has 1 saturated heterocycles. The summed E-state index contributed by atoms with van der Waals surface area (Å²) in [5, 5.41) is 0. The highest BCUT2D eigenvalue weighted by Gasteiger charge is 2.34. The minimum Gasteiger partial charge on any atom is -0.378 e. The summed E-state index contributed by atoms with van der Waals surface area (Å²) in [6, 6.07) is 5.06. The SMILES string of the molecule is O=C(C[C@H]1CCCO1)N(Cc1ccc(F)cc1)CC(F)(F)F. The van der Waals surface area contributed by atoms with E-state index in [0.29, 0.717) is 18.6 Å². The summed E-state index contributed by atoms with van der Waals surface area (Å²) >= 11 is 0. The van der Waals surface area contributed by atoms with Crippen molar-refractivity contribution < 1.29 is 27.1 Å². The van der Waals surface area contributed by atoms with Crippen molar-refractivity contribution in [2.75, 3.05) is 13.2 Å². The van der Waals surface area contributed by atoms with Gasteiger partial charge < -0.3 is 9.64 Å². The van der Waals surface area contributed by atoms with Gasteiger partial charge in [0.2, 0.25) is 5.91 Å². The largest absolute Gasteiger partial charge is 0.406 e. The first-order valence-corrected chi connectivity index (χ1v) is 7.04. The fourth-order valence-electron chi connectivity index (χ4n) is 2.39. The van der Waals surface area contributed by atoms with Crippen LogP contribution in [0.2, 0.25) is 0 Å². The number of amides is 1. The third kappa shape index (κ3) is 5.29. The lowest BCUT2D eigenvalue weighted by Crippen LogP contribution is -2.39. The highest BCUT2D eigenvalue weighted by atomic mass is 19.4. The smallest absolute Gasteiger partial charge is 0.378 e. The van der Waals surface area contributed by atoms with Crippen molar-refractivity contribution >= 4 is 5.91 Å². The minimum atomic E-state index is -4.48. The molecule has 0 aromatic heterocycles. The molecule has 22 heavy (non-hydrogen) atoms. The van der Waals surface area contributed by atoms with Crippen molar-refractivity contribution in [2.24, 2.45) is 0 Å². The van der Waals surface area contributed by atoms with Gasteiger partial charge in [0, 0.05) is 13.2 Å². The van der Waals surface area contributed by atoms with Gasteiger partial charge in [0.1, 0.15) is 12.4 Å². The molecule has 0 spiro atoms. The second-order valence-electron chi connectivity index (χ2n) is 5.33. The predicted octanol–water partition coefficient (Wildman–Crippen LogP) is 3.29. The average Bonchev–Trinajstić information content (AvgIpc) is 2.92. The summed E-state index contributed by atoms with van der Waals surface area (Å²) in [7, 11) is 0. The van der Waals surface area contributed by atoms with Gasteiger partial charge in [0.05, 0.1) is 12.5 Å². The van der Waals surface area contributed by atoms with Crippen LogP contribution < -0.4 is 0 Å². The number of rotatable bonds is 5. The molecule has 1 heterocycles. The summed E-state index contributed by atoms with van der Waals surface area (Å²) in [6.07, 6.45) is -3.35. The standard InChI is InChI=1S/C15H17F4NO2/c16-12-5-3-11(4-6-12)9-20(10-15(17,18)19)14(21)8-13-2-1-7-22-13/h3-6,13H,1-2,7-10H2/t13-/m1/s1. The van der Waals surface area contributed by atoms with Crippen molar-refractivity contribution in [3.8, 4) is 0 Å². The van der Waals surface area contributed by atoms with Crippen LogP contribution in [0.3, 0.4) is 0 Å². The Balaban J connectivity index is 2.04. The van der Waals surface area contributed by atoms with E-state index in [0.717, 1.165) is 23.5 Å². The molecule has 3 nitrogen and oxygen atoms in total.